The monoisotopic (exact) mass is 413 g/mol. The van der Waals surface area contributed by atoms with Crippen LogP contribution in [0.4, 0.5) is 5.82 Å². The van der Waals surface area contributed by atoms with E-state index < -0.39 is 0 Å². The second-order valence-electron chi connectivity index (χ2n) is 5.79. The van der Waals surface area contributed by atoms with Crippen molar-refractivity contribution >= 4 is 40.2 Å². The standard InChI is InChI=1S/C16H20IN3S/c1-16(2,3)13-12(17)15(18-4)20-14(19-13)10-6-8-11(21-5)9-7-10/h6-9H,1-5H3,(H,18,19,20). The number of rotatable bonds is 3. The number of nitrogens with zero attached hydrogens (tertiary/aromatic N) is 2. The fraction of sp³-hybridized carbons (Fsp3) is 0.375. The van der Waals surface area contributed by atoms with Crippen LogP contribution in [-0.4, -0.2) is 23.3 Å². The van der Waals surface area contributed by atoms with Gasteiger partial charge in [0.05, 0.1) is 9.26 Å². The van der Waals surface area contributed by atoms with E-state index in [9.17, 15) is 0 Å². The summed E-state index contributed by atoms with van der Waals surface area (Å²) < 4.78 is 1.09. The van der Waals surface area contributed by atoms with Crippen molar-refractivity contribution < 1.29 is 0 Å². The average molecular weight is 413 g/mol. The topological polar surface area (TPSA) is 37.8 Å². The third-order valence-electron chi connectivity index (χ3n) is 3.15. The molecule has 2 aromatic rings. The van der Waals surface area contributed by atoms with E-state index in [0.717, 1.165) is 26.5 Å². The molecule has 0 amide bonds. The van der Waals surface area contributed by atoms with Crippen molar-refractivity contribution in [1.29, 1.82) is 0 Å². The number of benzene rings is 1. The molecule has 1 heterocycles. The molecule has 1 aromatic carbocycles. The Morgan fingerprint density at radius 1 is 1.10 bits per heavy atom. The molecular formula is C16H20IN3S. The first-order valence-electron chi connectivity index (χ1n) is 6.77. The number of halogens is 1. The summed E-state index contributed by atoms with van der Waals surface area (Å²) in [6, 6.07) is 8.38. The van der Waals surface area contributed by atoms with Crippen LogP contribution in [0.25, 0.3) is 11.4 Å². The van der Waals surface area contributed by atoms with Gasteiger partial charge in [0.25, 0.3) is 0 Å². The van der Waals surface area contributed by atoms with Gasteiger partial charge in [0.2, 0.25) is 0 Å². The highest BCUT2D eigenvalue weighted by molar-refractivity contribution is 14.1. The smallest absolute Gasteiger partial charge is 0.161 e. The minimum absolute atomic E-state index is 0.0149. The molecule has 3 nitrogen and oxygen atoms in total. The second kappa shape index (κ2) is 6.52. The molecule has 0 unspecified atom stereocenters. The molecule has 0 spiro atoms. The van der Waals surface area contributed by atoms with Crippen LogP contribution in [-0.2, 0) is 5.41 Å². The normalized spacial score (nSPS) is 11.5. The average Bonchev–Trinajstić information content (AvgIpc) is 2.46. The van der Waals surface area contributed by atoms with Crippen LogP contribution in [0.5, 0.6) is 0 Å². The summed E-state index contributed by atoms with van der Waals surface area (Å²) in [5, 5.41) is 3.18. The molecule has 0 saturated heterocycles. The third-order valence-corrected chi connectivity index (χ3v) is 4.91. The number of hydrogen-bond donors (Lipinski definition) is 1. The molecule has 0 radical (unpaired) electrons. The lowest BCUT2D eigenvalue weighted by Crippen LogP contribution is -2.18. The van der Waals surface area contributed by atoms with Crippen LogP contribution < -0.4 is 5.32 Å². The minimum Gasteiger partial charge on any atom is -0.372 e. The van der Waals surface area contributed by atoms with E-state index >= 15 is 0 Å². The Hall–Kier alpha value is -0.820. The summed E-state index contributed by atoms with van der Waals surface area (Å²) in [6.45, 7) is 6.53. The first kappa shape index (κ1) is 16.5. The molecule has 0 aliphatic carbocycles. The van der Waals surface area contributed by atoms with Crippen molar-refractivity contribution in [3.8, 4) is 11.4 Å². The maximum absolute atomic E-state index is 4.81. The predicted molar refractivity (Wildman–Crippen MR) is 100 cm³/mol. The Morgan fingerprint density at radius 3 is 2.19 bits per heavy atom. The van der Waals surface area contributed by atoms with Crippen molar-refractivity contribution in [3.05, 3.63) is 33.5 Å². The van der Waals surface area contributed by atoms with Crippen LogP contribution in [0, 0.1) is 3.57 Å². The lowest BCUT2D eigenvalue weighted by Gasteiger charge is -2.21. The van der Waals surface area contributed by atoms with Gasteiger partial charge in [-0.3, -0.25) is 0 Å². The lowest BCUT2D eigenvalue weighted by atomic mass is 9.91. The number of anilines is 1. The van der Waals surface area contributed by atoms with E-state index in [2.05, 4.69) is 84.2 Å². The van der Waals surface area contributed by atoms with E-state index in [-0.39, 0.29) is 5.41 Å². The third kappa shape index (κ3) is 3.69. The predicted octanol–water partition coefficient (Wildman–Crippen LogP) is 4.81. The molecule has 21 heavy (non-hydrogen) atoms. The highest BCUT2D eigenvalue weighted by Gasteiger charge is 2.23. The molecule has 0 fully saturated rings. The van der Waals surface area contributed by atoms with Gasteiger partial charge in [-0.25, -0.2) is 9.97 Å². The van der Waals surface area contributed by atoms with Crippen LogP contribution >= 0.6 is 34.4 Å². The fourth-order valence-electron chi connectivity index (χ4n) is 1.98. The molecule has 0 aliphatic heterocycles. The Kier molecular flexibility index (Phi) is 5.14. The zero-order valence-corrected chi connectivity index (χ0v) is 16.0. The Labute approximate surface area is 144 Å². The summed E-state index contributed by atoms with van der Waals surface area (Å²) in [6.07, 6.45) is 2.08. The van der Waals surface area contributed by atoms with Gasteiger partial charge in [0.15, 0.2) is 5.82 Å². The summed E-state index contributed by atoms with van der Waals surface area (Å²) in [7, 11) is 1.90. The van der Waals surface area contributed by atoms with Gasteiger partial charge in [-0.15, -0.1) is 11.8 Å². The van der Waals surface area contributed by atoms with Gasteiger partial charge in [-0.2, -0.15) is 0 Å². The zero-order valence-electron chi connectivity index (χ0n) is 13.0. The highest BCUT2D eigenvalue weighted by Crippen LogP contribution is 2.31. The lowest BCUT2D eigenvalue weighted by molar-refractivity contribution is 0.564. The van der Waals surface area contributed by atoms with Gasteiger partial charge in [-0.1, -0.05) is 32.9 Å². The number of thioether (sulfide) groups is 1. The van der Waals surface area contributed by atoms with Crippen LogP contribution in [0.1, 0.15) is 26.5 Å². The van der Waals surface area contributed by atoms with E-state index in [1.54, 1.807) is 11.8 Å². The summed E-state index contributed by atoms with van der Waals surface area (Å²) in [5.74, 6) is 1.66. The van der Waals surface area contributed by atoms with Crippen molar-refractivity contribution in [3.63, 3.8) is 0 Å². The molecule has 5 heteroatoms. The van der Waals surface area contributed by atoms with Gasteiger partial charge in [-0.05, 0) is 41.0 Å². The van der Waals surface area contributed by atoms with E-state index in [1.165, 1.54) is 4.90 Å². The SMILES string of the molecule is CNc1nc(-c2ccc(SC)cc2)nc(C(C)(C)C)c1I. The van der Waals surface area contributed by atoms with E-state index in [1.807, 2.05) is 7.05 Å². The molecule has 1 N–H and O–H groups in total. The number of aromatic nitrogens is 2. The Morgan fingerprint density at radius 2 is 1.71 bits per heavy atom. The number of hydrogen-bond acceptors (Lipinski definition) is 4. The van der Waals surface area contributed by atoms with Gasteiger partial charge >= 0.3 is 0 Å². The first-order chi connectivity index (χ1) is 9.86. The molecule has 0 bridgehead atoms. The van der Waals surface area contributed by atoms with Crippen molar-refractivity contribution in [1.82, 2.24) is 9.97 Å². The van der Waals surface area contributed by atoms with Gasteiger partial charge in [0, 0.05) is 22.9 Å². The Balaban J connectivity index is 2.58. The van der Waals surface area contributed by atoms with Crippen LogP contribution in [0.3, 0.4) is 0 Å². The molecule has 0 saturated carbocycles. The van der Waals surface area contributed by atoms with Crippen molar-refractivity contribution in [2.75, 3.05) is 18.6 Å². The van der Waals surface area contributed by atoms with Gasteiger partial charge < -0.3 is 5.32 Å². The maximum atomic E-state index is 4.81. The van der Waals surface area contributed by atoms with Crippen molar-refractivity contribution in [2.24, 2.45) is 0 Å². The second-order valence-corrected chi connectivity index (χ2v) is 7.75. The number of nitrogens with one attached hydrogen (secondary N) is 1. The molecule has 0 aliphatic rings. The molecule has 2 rings (SSSR count). The highest BCUT2D eigenvalue weighted by atomic mass is 127. The zero-order chi connectivity index (χ0) is 15.6. The summed E-state index contributed by atoms with van der Waals surface area (Å²) in [4.78, 5) is 10.7. The maximum Gasteiger partial charge on any atom is 0.161 e. The molecule has 0 atom stereocenters. The fourth-order valence-corrected chi connectivity index (χ4v) is 3.71. The van der Waals surface area contributed by atoms with Crippen LogP contribution in [0.15, 0.2) is 29.2 Å². The largest absolute Gasteiger partial charge is 0.372 e. The minimum atomic E-state index is -0.0149. The van der Waals surface area contributed by atoms with E-state index in [0.29, 0.717) is 0 Å². The first-order valence-corrected chi connectivity index (χ1v) is 9.07. The molecule has 112 valence electrons. The quantitative estimate of drug-likeness (QED) is 0.579. The van der Waals surface area contributed by atoms with Gasteiger partial charge in [0.1, 0.15) is 5.82 Å². The summed E-state index contributed by atoms with van der Waals surface area (Å²) in [5.41, 5.74) is 2.11. The van der Waals surface area contributed by atoms with E-state index in [4.69, 9.17) is 4.98 Å². The summed E-state index contributed by atoms with van der Waals surface area (Å²) >= 11 is 4.06. The van der Waals surface area contributed by atoms with Crippen molar-refractivity contribution in [2.45, 2.75) is 31.1 Å². The molecule has 1 aromatic heterocycles. The van der Waals surface area contributed by atoms with Crippen LogP contribution in [0.2, 0.25) is 0 Å². The Bertz CT molecular complexity index is 633. The molecular weight excluding hydrogens is 393 g/mol.